The van der Waals surface area contributed by atoms with Crippen LogP contribution < -0.4 is 10.4 Å². The molecule has 0 spiro atoms. The molecule has 4 rings (SSSR count). The number of carbonyl (C=O) groups excluding carboxylic acids is 2. The summed E-state index contributed by atoms with van der Waals surface area (Å²) >= 11 is 6.11. The van der Waals surface area contributed by atoms with E-state index in [4.69, 9.17) is 26.2 Å². The highest BCUT2D eigenvalue weighted by molar-refractivity contribution is 6.30. The average Bonchev–Trinajstić information content (AvgIpc) is 2.93. The molecular formula is C25H28ClF3N2O5. The number of phenols is 1. The Morgan fingerprint density at radius 2 is 1.89 bits per heavy atom. The molecular weight excluding hydrogens is 501 g/mol. The van der Waals surface area contributed by atoms with Crippen LogP contribution in [0.25, 0.3) is 11.1 Å². The lowest BCUT2D eigenvalue weighted by Gasteiger charge is -2.49. The van der Waals surface area contributed by atoms with Crippen molar-refractivity contribution < 1.29 is 42.2 Å². The number of alkyl halides is 3. The fourth-order valence-electron chi connectivity index (χ4n) is 5.17. The summed E-state index contributed by atoms with van der Waals surface area (Å²) in [6.07, 6.45) is 0.199. The molecule has 2 aromatic rings. The minimum absolute atomic E-state index is 0.0188. The number of benzene rings is 2. The number of anilines is 1. The van der Waals surface area contributed by atoms with Crippen LogP contribution >= 0.6 is 11.6 Å². The summed E-state index contributed by atoms with van der Waals surface area (Å²) < 4.78 is 38.2. The average molecular weight is 529 g/mol. The fraction of sp³-hybridized carbons (Fsp3) is 0.440. The second-order valence-corrected chi connectivity index (χ2v) is 10.0. The van der Waals surface area contributed by atoms with Gasteiger partial charge in [-0.3, -0.25) is 5.32 Å². The number of fused-ring (bicyclic) bond motifs is 2. The van der Waals surface area contributed by atoms with Crippen molar-refractivity contribution in [1.82, 2.24) is 0 Å². The SMILES string of the molecule is C[N+]1(C)[C@@H]2CCC[C@@]1(COC(=O)Nc1ccc(O)cc1-c1cccc(Cl)c1)CC2.O=C([O-])C(F)(F)F. The molecule has 36 heavy (non-hydrogen) atoms. The van der Waals surface area contributed by atoms with Gasteiger partial charge in [0, 0.05) is 29.8 Å². The van der Waals surface area contributed by atoms with Crippen LogP contribution in [0.1, 0.15) is 32.1 Å². The van der Waals surface area contributed by atoms with Gasteiger partial charge in [-0.2, -0.15) is 13.2 Å². The number of hydrogen-bond donors (Lipinski definition) is 2. The van der Waals surface area contributed by atoms with E-state index in [1.165, 1.54) is 19.3 Å². The molecule has 7 nitrogen and oxygen atoms in total. The van der Waals surface area contributed by atoms with Gasteiger partial charge in [-0.25, -0.2) is 4.79 Å². The number of rotatable bonds is 4. The Labute approximate surface area is 212 Å². The molecule has 0 unspecified atom stereocenters. The van der Waals surface area contributed by atoms with Gasteiger partial charge in [0.1, 0.15) is 23.9 Å². The molecule has 0 radical (unpaired) electrons. The smallest absolute Gasteiger partial charge is 0.430 e. The number of quaternary nitrogens is 1. The predicted molar refractivity (Wildman–Crippen MR) is 126 cm³/mol. The van der Waals surface area contributed by atoms with Crippen molar-refractivity contribution in [1.29, 1.82) is 0 Å². The molecule has 0 aliphatic carbocycles. The Balaban J connectivity index is 0.000000454. The number of amides is 1. The minimum Gasteiger partial charge on any atom is -0.542 e. The van der Waals surface area contributed by atoms with Crippen LogP contribution in [0.15, 0.2) is 42.5 Å². The molecule has 2 saturated heterocycles. The molecule has 2 bridgehead atoms. The highest BCUT2D eigenvalue weighted by Crippen LogP contribution is 2.48. The highest BCUT2D eigenvalue weighted by Gasteiger charge is 2.58. The molecule has 2 aliphatic rings. The first kappa shape index (κ1) is 27.6. The third kappa shape index (κ3) is 6.04. The number of aliphatic carboxylic acids is 1. The molecule has 196 valence electrons. The number of aromatic hydroxyl groups is 1. The molecule has 2 N–H and O–H groups in total. The largest absolute Gasteiger partial charge is 0.542 e. The van der Waals surface area contributed by atoms with Crippen LogP contribution in [-0.4, -0.2) is 60.1 Å². The first-order valence-corrected chi connectivity index (χ1v) is 11.8. The number of nitrogens with one attached hydrogen (secondary N) is 1. The maximum Gasteiger partial charge on any atom is 0.430 e. The lowest BCUT2D eigenvalue weighted by Crippen LogP contribution is -2.63. The van der Waals surface area contributed by atoms with E-state index in [0.29, 0.717) is 28.9 Å². The van der Waals surface area contributed by atoms with E-state index in [1.54, 1.807) is 30.3 Å². The molecule has 11 heteroatoms. The molecule has 0 saturated carbocycles. The molecule has 2 aromatic carbocycles. The molecule has 2 heterocycles. The predicted octanol–water partition coefficient (Wildman–Crippen LogP) is 4.72. The Morgan fingerprint density at radius 3 is 2.53 bits per heavy atom. The number of carboxylic acid groups (broad SMARTS) is 1. The first-order chi connectivity index (χ1) is 16.7. The maximum atomic E-state index is 12.6. The van der Waals surface area contributed by atoms with E-state index < -0.39 is 18.2 Å². The Bertz CT molecular complexity index is 1120. The molecule has 1 amide bonds. The number of carbonyl (C=O) groups is 2. The van der Waals surface area contributed by atoms with E-state index in [2.05, 4.69) is 19.4 Å². The summed E-state index contributed by atoms with van der Waals surface area (Å²) in [5, 5.41) is 22.2. The summed E-state index contributed by atoms with van der Waals surface area (Å²) in [4.78, 5) is 21.4. The van der Waals surface area contributed by atoms with Gasteiger partial charge in [-0.15, -0.1) is 0 Å². The number of piperidine rings is 1. The minimum atomic E-state index is -5.19. The quantitative estimate of drug-likeness (QED) is 0.442. The third-order valence-electron chi connectivity index (χ3n) is 7.34. The summed E-state index contributed by atoms with van der Waals surface area (Å²) in [5.41, 5.74) is 2.10. The van der Waals surface area contributed by atoms with Crippen molar-refractivity contribution in [2.24, 2.45) is 0 Å². The summed E-state index contributed by atoms with van der Waals surface area (Å²) in [6, 6.07) is 12.8. The maximum absolute atomic E-state index is 12.6. The van der Waals surface area contributed by atoms with Gasteiger partial charge >= 0.3 is 12.3 Å². The number of carboxylic acids is 1. The molecule has 2 atom stereocenters. The van der Waals surface area contributed by atoms with Crippen molar-refractivity contribution in [3.63, 3.8) is 0 Å². The van der Waals surface area contributed by atoms with Gasteiger partial charge in [0.15, 0.2) is 0 Å². The topological polar surface area (TPSA) is 98.7 Å². The van der Waals surface area contributed by atoms with Crippen molar-refractivity contribution in [2.75, 3.05) is 26.0 Å². The Kier molecular flexibility index (Phi) is 8.10. The van der Waals surface area contributed by atoms with Crippen molar-refractivity contribution in [3.05, 3.63) is 47.5 Å². The van der Waals surface area contributed by atoms with E-state index in [9.17, 15) is 23.1 Å². The Morgan fingerprint density at radius 1 is 1.19 bits per heavy atom. The number of likely N-dealkylation sites (N-methyl/N-ethyl adjacent to an activating group) is 1. The Hall–Kier alpha value is -2.98. The number of halogens is 4. The van der Waals surface area contributed by atoms with Crippen molar-refractivity contribution in [3.8, 4) is 16.9 Å². The monoisotopic (exact) mass is 528 g/mol. The van der Waals surface area contributed by atoms with Gasteiger partial charge < -0.3 is 24.2 Å². The van der Waals surface area contributed by atoms with Gasteiger partial charge in [0.25, 0.3) is 0 Å². The zero-order valence-corrected chi connectivity index (χ0v) is 20.7. The summed E-state index contributed by atoms with van der Waals surface area (Å²) in [5.74, 6) is -2.89. The molecule has 2 aliphatic heterocycles. The fourth-order valence-corrected chi connectivity index (χ4v) is 5.36. The first-order valence-electron chi connectivity index (χ1n) is 11.4. The summed E-state index contributed by atoms with van der Waals surface area (Å²) in [6.45, 7) is 0.424. The molecule has 0 aromatic heterocycles. The zero-order chi connectivity index (χ0) is 26.7. The van der Waals surface area contributed by atoms with E-state index in [-0.39, 0.29) is 11.3 Å². The van der Waals surface area contributed by atoms with E-state index >= 15 is 0 Å². The summed E-state index contributed by atoms with van der Waals surface area (Å²) in [7, 11) is 4.55. The standard InChI is InChI=1S/C23H27ClN2O3.C2HF3O2/c1-26(2)18-7-4-11-23(26,12-10-18)15-29-22(28)25-21-9-8-19(27)14-20(21)16-5-3-6-17(24)13-16;3-2(4,5)1(6)7/h3,5-6,8-9,13-14,18H,4,7,10-12,15H2,1-2H3,(H-,25,27,28);(H,6,7)/t18-,23+;/m1./s1. The van der Waals surface area contributed by atoms with E-state index in [1.807, 2.05) is 12.1 Å². The lowest BCUT2D eigenvalue weighted by atomic mass is 9.87. The third-order valence-corrected chi connectivity index (χ3v) is 7.57. The number of phenolic OH excluding ortho intramolecular Hbond substituents is 1. The van der Waals surface area contributed by atoms with E-state index in [0.717, 1.165) is 22.9 Å². The van der Waals surface area contributed by atoms with Crippen LogP contribution in [0.5, 0.6) is 5.75 Å². The number of ether oxygens (including phenoxy) is 1. The van der Waals surface area contributed by atoms with Crippen LogP contribution in [0.4, 0.5) is 23.7 Å². The van der Waals surface area contributed by atoms with Crippen molar-refractivity contribution >= 4 is 29.4 Å². The van der Waals surface area contributed by atoms with Crippen molar-refractivity contribution in [2.45, 2.75) is 49.9 Å². The normalized spacial score (nSPS) is 22.2. The highest BCUT2D eigenvalue weighted by atomic mass is 35.5. The molecule has 2 fully saturated rings. The lowest BCUT2D eigenvalue weighted by molar-refractivity contribution is -0.956. The van der Waals surface area contributed by atoms with Gasteiger partial charge in [0.05, 0.1) is 25.8 Å². The van der Waals surface area contributed by atoms with Crippen LogP contribution in [0, 0.1) is 0 Å². The van der Waals surface area contributed by atoms with Crippen LogP contribution in [0.2, 0.25) is 5.02 Å². The second-order valence-electron chi connectivity index (χ2n) is 9.58. The van der Waals surface area contributed by atoms with Gasteiger partial charge in [-0.05, 0) is 48.7 Å². The van der Waals surface area contributed by atoms with Gasteiger partial charge in [0.2, 0.25) is 0 Å². The number of hydrogen-bond acceptors (Lipinski definition) is 5. The van der Waals surface area contributed by atoms with Crippen LogP contribution in [0.3, 0.4) is 0 Å². The number of nitrogens with zero attached hydrogens (tertiary/aromatic N) is 1. The van der Waals surface area contributed by atoms with Gasteiger partial charge in [-0.1, -0.05) is 23.7 Å². The zero-order valence-electron chi connectivity index (χ0n) is 19.9. The second kappa shape index (κ2) is 10.6. The van der Waals surface area contributed by atoms with Crippen LogP contribution in [-0.2, 0) is 9.53 Å².